The van der Waals surface area contributed by atoms with Crippen LogP contribution in [0, 0.1) is 17.6 Å². The molecule has 1 atom stereocenters. The van der Waals surface area contributed by atoms with E-state index in [1.54, 1.807) is 31.2 Å². The van der Waals surface area contributed by atoms with Crippen molar-refractivity contribution in [3.63, 3.8) is 0 Å². The maximum atomic E-state index is 14.7. The summed E-state index contributed by atoms with van der Waals surface area (Å²) in [6, 6.07) is 8.84. The largest absolute Gasteiger partial charge is 0.494 e. The summed E-state index contributed by atoms with van der Waals surface area (Å²) in [5.41, 5.74) is -0.311. The van der Waals surface area contributed by atoms with Gasteiger partial charge in [0.15, 0.2) is 11.6 Å². The van der Waals surface area contributed by atoms with Crippen LogP contribution in [0.15, 0.2) is 36.4 Å². The van der Waals surface area contributed by atoms with Crippen molar-refractivity contribution in [2.45, 2.75) is 77.8 Å². The van der Waals surface area contributed by atoms with Crippen molar-refractivity contribution in [3.8, 4) is 16.9 Å². The molecule has 2 rings (SSSR count). The fourth-order valence-corrected chi connectivity index (χ4v) is 3.85. The molecule has 3 nitrogen and oxygen atoms in total. The Morgan fingerprint density at radius 3 is 2.11 bits per heavy atom. The van der Waals surface area contributed by atoms with E-state index in [9.17, 15) is 26.7 Å². The third kappa shape index (κ3) is 9.10. The van der Waals surface area contributed by atoms with Gasteiger partial charge in [-0.05, 0) is 43.0 Å². The van der Waals surface area contributed by atoms with Gasteiger partial charge in [-0.25, -0.2) is 13.6 Å². The molecular weight excluding hydrogens is 479 g/mol. The third-order valence-electron chi connectivity index (χ3n) is 6.05. The number of halogens is 5. The Labute approximate surface area is 210 Å². The molecule has 2 aromatic rings. The van der Waals surface area contributed by atoms with Crippen LogP contribution in [0.5, 0.6) is 5.75 Å². The third-order valence-corrected chi connectivity index (χ3v) is 6.05. The SMILES string of the molecule is CCCCCCCOc1ccc(-c2ccc(C(=O)OCCC(CCCC)C(F)(F)F)c(F)c2F)cc1. The molecule has 36 heavy (non-hydrogen) atoms. The number of unbranched alkanes of at least 4 members (excludes halogenated alkanes) is 5. The first-order valence-corrected chi connectivity index (χ1v) is 12.6. The molecule has 0 aliphatic carbocycles. The molecule has 0 aliphatic rings. The monoisotopic (exact) mass is 514 g/mol. The molecule has 0 radical (unpaired) electrons. The van der Waals surface area contributed by atoms with Crippen molar-refractivity contribution < 1.29 is 36.2 Å². The van der Waals surface area contributed by atoms with Gasteiger partial charge < -0.3 is 9.47 Å². The van der Waals surface area contributed by atoms with Crippen LogP contribution in [0.4, 0.5) is 22.0 Å². The van der Waals surface area contributed by atoms with Gasteiger partial charge in [0.05, 0.1) is 24.7 Å². The zero-order valence-electron chi connectivity index (χ0n) is 20.9. The molecule has 0 heterocycles. The van der Waals surface area contributed by atoms with Gasteiger partial charge in [0, 0.05) is 5.56 Å². The summed E-state index contributed by atoms with van der Waals surface area (Å²) in [7, 11) is 0. The average molecular weight is 515 g/mol. The molecule has 0 fully saturated rings. The lowest BCUT2D eigenvalue weighted by Gasteiger charge is -2.19. The fraction of sp³-hybridized carbons (Fsp3) is 0.536. The summed E-state index contributed by atoms with van der Waals surface area (Å²) in [5, 5.41) is 0. The highest BCUT2D eigenvalue weighted by Gasteiger charge is 2.38. The molecule has 0 aromatic heterocycles. The summed E-state index contributed by atoms with van der Waals surface area (Å²) in [4.78, 5) is 12.2. The van der Waals surface area contributed by atoms with Crippen molar-refractivity contribution >= 4 is 5.97 Å². The first-order chi connectivity index (χ1) is 17.2. The van der Waals surface area contributed by atoms with Crippen LogP contribution < -0.4 is 4.74 Å². The quantitative estimate of drug-likeness (QED) is 0.135. The van der Waals surface area contributed by atoms with Gasteiger partial charge in [-0.1, -0.05) is 70.6 Å². The van der Waals surface area contributed by atoms with Crippen molar-refractivity contribution in [2.75, 3.05) is 13.2 Å². The second kappa shape index (κ2) is 14.8. The number of rotatable bonds is 15. The molecule has 200 valence electrons. The average Bonchev–Trinajstić information content (AvgIpc) is 2.84. The Morgan fingerprint density at radius 2 is 1.47 bits per heavy atom. The first kappa shape index (κ1) is 29.6. The van der Waals surface area contributed by atoms with Crippen LogP contribution in [0.25, 0.3) is 11.1 Å². The molecule has 0 saturated heterocycles. The molecule has 1 unspecified atom stereocenters. The van der Waals surface area contributed by atoms with Crippen molar-refractivity contribution in [3.05, 3.63) is 53.6 Å². The van der Waals surface area contributed by atoms with Gasteiger partial charge in [0.25, 0.3) is 0 Å². The zero-order valence-corrected chi connectivity index (χ0v) is 20.9. The Kier molecular flexibility index (Phi) is 12.2. The Bertz CT molecular complexity index is 941. The van der Waals surface area contributed by atoms with Crippen LogP contribution >= 0.6 is 0 Å². The number of alkyl halides is 3. The maximum absolute atomic E-state index is 14.7. The highest BCUT2D eigenvalue weighted by Crippen LogP contribution is 2.33. The van der Waals surface area contributed by atoms with E-state index in [0.29, 0.717) is 30.8 Å². The molecule has 0 bridgehead atoms. The van der Waals surface area contributed by atoms with Crippen LogP contribution in [0.3, 0.4) is 0 Å². The smallest absolute Gasteiger partial charge is 0.391 e. The first-order valence-electron chi connectivity index (χ1n) is 12.6. The van der Waals surface area contributed by atoms with Crippen molar-refractivity contribution in [1.82, 2.24) is 0 Å². The van der Waals surface area contributed by atoms with E-state index in [1.807, 2.05) is 0 Å². The number of benzene rings is 2. The second-order valence-electron chi connectivity index (χ2n) is 8.88. The van der Waals surface area contributed by atoms with Crippen molar-refractivity contribution in [1.29, 1.82) is 0 Å². The lowest BCUT2D eigenvalue weighted by molar-refractivity contribution is -0.180. The predicted octanol–water partition coefficient (Wildman–Crippen LogP) is 8.90. The maximum Gasteiger partial charge on any atom is 0.391 e. The second-order valence-corrected chi connectivity index (χ2v) is 8.88. The van der Waals surface area contributed by atoms with E-state index in [4.69, 9.17) is 9.47 Å². The Balaban J connectivity index is 1.96. The van der Waals surface area contributed by atoms with Crippen LogP contribution in [-0.4, -0.2) is 25.4 Å². The molecule has 0 N–H and O–H groups in total. The Hall–Kier alpha value is -2.64. The van der Waals surface area contributed by atoms with Gasteiger partial charge in [0.2, 0.25) is 0 Å². The van der Waals surface area contributed by atoms with Crippen LogP contribution in [0.2, 0.25) is 0 Å². The molecule has 8 heteroatoms. The number of hydrogen-bond acceptors (Lipinski definition) is 3. The molecule has 0 amide bonds. The summed E-state index contributed by atoms with van der Waals surface area (Å²) in [6.45, 7) is 3.98. The lowest BCUT2D eigenvalue weighted by atomic mass is 9.98. The van der Waals surface area contributed by atoms with Crippen LogP contribution in [-0.2, 0) is 4.74 Å². The molecule has 0 saturated carbocycles. The van der Waals surface area contributed by atoms with Gasteiger partial charge in [-0.3, -0.25) is 0 Å². The lowest BCUT2D eigenvalue weighted by Crippen LogP contribution is -2.25. The fourth-order valence-electron chi connectivity index (χ4n) is 3.85. The van der Waals surface area contributed by atoms with E-state index in [1.165, 1.54) is 25.3 Å². The molecular formula is C28H35F5O3. The number of carbonyl (C=O) groups excluding carboxylic acids is 1. The summed E-state index contributed by atoms with van der Waals surface area (Å²) < 4.78 is 79.2. The summed E-state index contributed by atoms with van der Waals surface area (Å²) in [6.07, 6.45) is 1.66. The van der Waals surface area contributed by atoms with E-state index in [0.717, 1.165) is 18.9 Å². The number of hydrogen-bond donors (Lipinski definition) is 0. The normalized spacial score (nSPS) is 12.4. The topological polar surface area (TPSA) is 35.5 Å². The zero-order chi connectivity index (χ0) is 26.6. The van der Waals surface area contributed by atoms with E-state index >= 15 is 0 Å². The molecule has 0 aliphatic heterocycles. The number of esters is 1. The highest BCUT2D eigenvalue weighted by atomic mass is 19.4. The Morgan fingerprint density at radius 1 is 0.806 bits per heavy atom. The minimum absolute atomic E-state index is 0.0492. The van der Waals surface area contributed by atoms with E-state index in [-0.39, 0.29) is 12.0 Å². The van der Waals surface area contributed by atoms with Gasteiger partial charge in [0.1, 0.15) is 5.75 Å². The summed E-state index contributed by atoms with van der Waals surface area (Å²) >= 11 is 0. The van der Waals surface area contributed by atoms with Gasteiger partial charge in [-0.2, -0.15) is 13.2 Å². The standard InChI is InChI=1S/C28H35F5O3/c1-3-5-7-8-9-18-35-22-13-11-20(12-14-22)23-15-16-24(26(30)25(23)29)27(34)36-19-17-21(10-6-4-2)28(31,32)33/h11-16,21H,3-10,17-19H2,1-2H3. The predicted molar refractivity (Wildman–Crippen MR) is 130 cm³/mol. The van der Waals surface area contributed by atoms with Gasteiger partial charge in [-0.15, -0.1) is 0 Å². The number of ether oxygens (including phenoxy) is 2. The number of carbonyl (C=O) groups is 1. The van der Waals surface area contributed by atoms with E-state index in [2.05, 4.69) is 6.92 Å². The highest BCUT2D eigenvalue weighted by molar-refractivity contribution is 5.90. The van der Waals surface area contributed by atoms with Crippen molar-refractivity contribution in [2.24, 2.45) is 5.92 Å². The molecule has 2 aromatic carbocycles. The van der Waals surface area contributed by atoms with Crippen LogP contribution in [0.1, 0.15) is 82.0 Å². The minimum atomic E-state index is -4.41. The molecule has 0 spiro atoms. The minimum Gasteiger partial charge on any atom is -0.494 e. The van der Waals surface area contributed by atoms with Gasteiger partial charge >= 0.3 is 12.1 Å². The van der Waals surface area contributed by atoms with E-state index < -0.39 is 48.3 Å². The summed E-state index contributed by atoms with van der Waals surface area (Å²) in [5.74, 6) is -4.82.